The van der Waals surface area contributed by atoms with Crippen LogP contribution in [0.15, 0.2) is 18.2 Å². The zero-order chi connectivity index (χ0) is 13.6. The molecule has 102 valence electrons. The molecule has 0 radical (unpaired) electrons. The van der Waals surface area contributed by atoms with Gasteiger partial charge in [-0.05, 0) is 44.2 Å². The topological polar surface area (TPSA) is 68.4 Å². The molecule has 2 aliphatic rings. The fourth-order valence-electron chi connectivity index (χ4n) is 3.37. The van der Waals surface area contributed by atoms with Crippen LogP contribution in [0.5, 0.6) is 0 Å². The van der Waals surface area contributed by atoms with Crippen molar-refractivity contribution in [2.24, 2.45) is 5.73 Å². The molecule has 2 fully saturated rings. The van der Waals surface area contributed by atoms with Crippen molar-refractivity contribution in [3.63, 3.8) is 0 Å². The Kier molecular flexibility index (Phi) is 2.86. The number of fused-ring (bicyclic) bond motifs is 2. The smallest absolute Gasteiger partial charge is 0.190 e. The maximum Gasteiger partial charge on any atom is 0.190 e. The summed E-state index contributed by atoms with van der Waals surface area (Å²) in [5.41, 5.74) is 8.79. The lowest BCUT2D eigenvalue weighted by Gasteiger charge is -2.34. The Morgan fingerprint density at radius 1 is 1.37 bits per heavy atom. The molecule has 0 aromatic heterocycles. The van der Waals surface area contributed by atoms with Gasteiger partial charge in [-0.1, -0.05) is 0 Å². The first-order chi connectivity index (χ1) is 9.04. The summed E-state index contributed by atoms with van der Waals surface area (Å²) in [5.74, 6) is -0.0194. The molecule has 2 atom stereocenters. The van der Waals surface area contributed by atoms with Gasteiger partial charge in [0, 0.05) is 36.5 Å². The van der Waals surface area contributed by atoms with E-state index in [1.165, 1.54) is 17.7 Å². The molecule has 4 N–H and O–H groups in total. The van der Waals surface area contributed by atoms with Gasteiger partial charge in [-0.3, -0.25) is 10.3 Å². The number of rotatable bonds is 2. The largest absolute Gasteiger partial charge is 0.370 e. The number of nitrogens with zero attached hydrogens (tertiary/aromatic N) is 2. The molecular weight excluding hydrogens is 238 g/mol. The van der Waals surface area contributed by atoms with Gasteiger partial charge >= 0.3 is 0 Å². The van der Waals surface area contributed by atoms with Crippen molar-refractivity contribution in [2.45, 2.75) is 25.4 Å². The zero-order valence-electron chi connectivity index (χ0n) is 11.5. The minimum Gasteiger partial charge on any atom is -0.370 e. The molecule has 2 saturated heterocycles. The number of guanidine groups is 1. The molecule has 2 heterocycles. The van der Waals surface area contributed by atoms with E-state index >= 15 is 0 Å². The third kappa shape index (κ3) is 2.14. The number of aryl methyl sites for hydroxylation is 1. The molecule has 5 nitrogen and oxygen atoms in total. The molecular formula is C14H21N5. The van der Waals surface area contributed by atoms with Crippen LogP contribution >= 0.6 is 0 Å². The van der Waals surface area contributed by atoms with Crippen molar-refractivity contribution in [3.05, 3.63) is 23.8 Å². The van der Waals surface area contributed by atoms with E-state index in [-0.39, 0.29) is 5.96 Å². The number of nitrogens with one attached hydrogen (secondary N) is 2. The molecule has 3 rings (SSSR count). The zero-order valence-corrected chi connectivity index (χ0v) is 11.5. The Balaban J connectivity index is 1.81. The summed E-state index contributed by atoms with van der Waals surface area (Å²) < 4.78 is 0. The number of piperazine rings is 1. The van der Waals surface area contributed by atoms with Crippen LogP contribution in [-0.4, -0.2) is 43.1 Å². The summed E-state index contributed by atoms with van der Waals surface area (Å²) in [7, 11) is 2.22. The third-order valence-corrected chi connectivity index (χ3v) is 4.30. The number of hydrogen-bond acceptors (Lipinski definition) is 3. The molecule has 0 unspecified atom stereocenters. The minimum absolute atomic E-state index is 0.0194. The highest BCUT2D eigenvalue weighted by Gasteiger charge is 2.41. The van der Waals surface area contributed by atoms with Crippen molar-refractivity contribution in [1.29, 1.82) is 5.41 Å². The predicted octanol–water partition coefficient (Wildman–Crippen LogP) is 1.19. The Bertz CT molecular complexity index is 511. The highest BCUT2D eigenvalue weighted by Crippen LogP contribution is 2.35. The second kappa shape index (κ2) is 4.42. The maximum atomic E-state index is 7.26. The lowest BCUT2D eigenvalue weighted by atomic mass is 10.1. The first-order valence-corrected chi connectivity index (χ1v) is 6.73. The second-order valence-electron chi connectivity index (χ2n) is 5.68. The predicted molar refractivity (Wildman–Crippen MR) is 78.9 cm³/mol. The molecule has 19 heavy (non-hydrogen) atoms. The lowest BCUT2D eigenvalue weighted by molar-refractivity contribution is 0.292. The first-order valence-electron chi connectivity index (χ1n) is 6.73. The average molecular weight is 259 g/mol. The van der Waals surface area contributed by atoms with Gasteiger partial charge in [0.15, 0.2) is 5.96 Å². The molecule has 0 spiro atoms. The van der Waals surface area contributed by atoms with Crippen molar-refractivity contribution in [2.75, 3.05) is 30.4 Å². The van der Waals surface area contributed by atoms with Crippen LogP contribution in [-0.2, 0) is 0 Å². The highest BCUT2D eigenvalue weighted by atomic mass is 15.3. The van der Waals surface area contributed by atoms with Crippen LogP contribution in [0.1, 0.15) is 12.0 Å². The Hall–Kier alpha value is -1.75. The van der Waals surface area contributed by atoms with Crippen LogP contribution in [0.25, 0.3) is 0 Å². The number of nitrogens with two attached hydrogens (primary N) is 1. The number of likely N-dealkylation sites (tertiary alicyclic amines) is 1. The van der Waals surface area contributed by atoms with Crippen molar-refractivity contribution < 1.29 is 0 Å². The number of likely N-dealkylation sites (N-methyl/N-ethyl adjacent to an activating group) is 1. The number of hydrogen-bond donors (Lipinski definition) is 3. The molecule has 0 saturated carbocycles. The summed E-state index contributed by atoms with van der Waals surface area (Å²) in [5, 5.41) is 10.1. The van der Waals surface area contributed by atoms with E-state index < -0.39 is 0 Å². The molecule has 2 aliphatic heterocycles. The van der Waals surface area contributed by atoms with Gasteiger partial charge in [0.1, 0.15) is 0 Å². The van der Waals surface area contributed by atoms with E-state index in [0.29, 0.717) is 12.1 Å². The van der Waals surface area contributed by atoms with Crippen LogP contribution in [0.2, 0.25) is 0 Å². The van der Waals surface area contributed by atoms with Gasteiger partial charge in [-0.25, -0.2) is 0 Å². The monoisotopic (exact) mass is 259 g/mol. The molecule has 2 bridgehead atoms. The lowest BCUT2D eigenvalue weighted by Crippen LogP contribution is -2.44. The molecule has 0 amide bonds. The van der Waals surface area contributed by atoms with Gasteiger partial charge in [0.05, 0.1) is 0 Å². The first kappa shape index (κ1) is 12.3. The Morgan fingerprint density at radius 2 is 2.16 bits per heavy atom. The van der Waals surface area contributed by atoms with Crippen LogP contribution in [0, 0.1) is 12.3 Å². The Labute approximate surface area is 113 Å². The Morgan fingerprint density at radius 3 is 2.68 bits per heavy atom. The molecule has 5 heteroatoms. The number of anilines is 2. The number of benzene rings is 1. The highest BCUT2D eigenvalue weighted by molar-refractivity contribution is 5.90. The van der Waals surface area contributed by atoms with E-state index in [1.807, 2.05) is 6.07 Å². The van der Waals surface area contributed by atoms with Crippen LogP contribution in [0.3, 0.4) is 0 Å². The van der Waals surface area contributed by atoms with Crippen molar-refractivity contribution >= 4 is 17.3 Å². The molecule has 1 aromatic carbocycles. The van der Waals surface area contributed by atoms with E-state index in [4.69, 9.17) is 11.1 Å². The summed E-state index contributed by atoms with van der Waals surface area (Å²) in [6.07, 6.45) is 1.28. The summed E-state index contributed by atoms with van der Waals surface area (Å²) in [6, 6.07) is 7.56. The van der Waals surface area contributed by atoms with Crippen molar-refractivity contribution in [3.8, 4) is 0 Å². The molecule has 0 aliphatic carbocycles. The SMILES string of the molecule is Cc1cc(NC(=N)N)ccc1N1C[C@@H]2C[C@H]1CN2C. The van der Waals surface area contributed by atoms with E-state index in [2.05, 4.69) is 41.2 Å². The van der Waals surface area contributed by atoms with Crippen LogP contribution in [0.4, 0.5) is 11.4 Å². The fraction of sp³-hybridized carbons (Fsp3) is 0.500. The third-order valence-electron chi connectivity index (χ3n) is 4.30. The quantitative estimate of drug-likeness (QED) is 0.551. The summed E-state index contributed by atoms with van der Waals surface area (Å²) in [4.78, 5) is 4.99. The molecule has 1 aromatic rings. The van der Waals surface area contributed by atoms with Gasteiger partial charge in [0.2, 0.25) is 0 Å². The average Bonchev–Trinajstić information content (AvgIpc) is 2.87. The van der Waals surface area contributed by atoms with Crippen molar-refractivity contribution in [1.82, 2.24) is 4.90 Å². The second-order valence-corrected chi connectivity index (χ2v) is 5.68. The van der Waals surface area contributed by atoms with Crippen LogP contribution < -0.4 is 16.0 Å². The fourth-order valence-corrected chi connectivity index (χ4v) is 3.37. The summed E-state index contributed by atoms with van der Waals surface area (Å²) >= 11 is 0. The maximum absolute atomic E-state index is 7.26. The van der Waals surface area contributed by atoms with E-state index in [9.17, 15) is 0 Å². The summed E-state index contributed by atoms with van der Waals surface area (Å²) in [6.45, 7) is 4.41. The van der Waals surface area contributed by atoms with E-state index in [0.717, 1.165) is 18.8 Å². The van der Waals surface area contributed by atoms with Gasteiger partial charge < -0.3 is 16.0 Å². The normalized spacial score (nSPS) is 25.9. The minimum atomic E-state index is -0.0194. The standard InChI is InChI=1S/C14H21N5/c1-9-5-10(17-14(15)16)3-4-13(9)19-8-11-6-12(19)7-18(11)2/h3-5,11-12H,6-8H2,1-2H3,(H4,15,16,17)/t11-,12-/m0/s1. The van der Waals surface area contributed by atoms with Gasteiger partial charge in [0.25, 0.3) is 0 Å². The van der Waals surface area contributed by atoms with Gasteiger partial charge in [-0.2, -0.15) is 0 Å². The van der Waals surface area contributed by atoms with Gasteiger partial charge in [-0.15, -0.1) is 0 Å². The van der Waals surface area contributed by atoms with E-state index in [1.54, 1.807) is 0 Å².